The van der Waals surface area contributed by atoms with Crippen molar-refractivity contribution in [1.29, 1.82) is 0 Å². The van der Waals surface area contributed by atoms with Crippen molar-refractivity contribution in [3.8, 4) is 0 Å². The van der Waals surface area contributed by atoms with Crippen LogP contribution in [0.15, 0.2) is 35.2 Å². The molecule has 0 aliphatic carbocycles. The number of hydrogen-bond donors (Lipinski definition) is 2. The molecule has 0 spiro atoms. The number of anilines is 1. The second kappa shape index (κ2) is 5.91. The maximum absolute atomic E-state index is 12.3. The van der Waals surface area contributed by atoms with Gasteiger partial charge >= 0.3 is 0 Å². The third-order valence-electron chi connectivity index (χ3n) is 2.57. The molecule has 0 amide bonds. The Morgan fingerprint density at radius 3 is 2.50 bits per heavy atom. The minimum absolute atomic E-state index is 0.0745. The van der Waals surface area contributed by atoms with Gasteiger partial charge in [0.25, 0.3) is 10.0 Å². The fourth-order valence-corrected chi connectivity index (χ4v) is 4.90. The van der Waals surface area contributed by atoms with Gasteiger partial charge in [-0.1, -0.05) is 41.4 Å². The molecule has 2 rings (SSSR count). The largest absolute Gasteiger partial charge is 0.389 e. The lowest BCUT2D eigenvalue weighted by Crippen LogP contribution is -2.14. The number of halogens is 2. The van der Waals surface area contributed by atoms with Gasteiger partial charge in [-0.25, -0.2) is 8.42 Å². The predicted octanol–water partition coefficient (Wildman–Crippen LogP) is 3.91. The molecule has 1 aromatic heterocycles. The number of aliphatic hydroxyl groups is 1. The summed E-state index contributed by atoms with van der Waals surface area (Å²) in [5, 5.41) is 9.65. The summed E-state index contributed by atoms with van der Waals surface area (Å²) in [5.41, 5.74) is 0.786. The first-order valence-corrected chi connectivity index (χ1v) is 8.61. The molecule has 20 heavy (non-hydrogen) atoms. The van der Waals surface area contributed by atoms with Gasteiger partial charge in [-0.05, 0) is 19.1 Å². The fraction of sp³-hybridized carbons (Fsp3) is 0.167. The third-order valence-corrected chi connectivity index (χ3v) is 5.69. The van der Waals surface area contributed by atoms with E-state index in [4.69, 9.17) is 23.2 Å². The molecule has 1 aromatic carbocycles. The number of benzene rings is 1. The first-order chi connectivity index (χ1) is 9.31. The number of aliphatic hydroxyl groups excluding tert-OH is 1. The van der Waals surface area contributed by atoms with Gasteiger partial charge in [-0.3, -0.25) is 4.72 Å². The Hall–Kier alpha value is -0.790. The standard InChI is InChI=1S/C12H11Cl2NO3S2/c1-7(16)8-4-2-3-5-9(8)15-20(17,18)10-6-11(13)19-12(10)14/h2-7,15-16H,1H3. The molecule has 1 heterocycles. The molecule has 0 saturated carbocycles. The van der Waals surface area contributed by atoms with Crippen LogP contribution in [0.2, 0.25) is 8.67 Å². The number of nitrogens with one attached hydrogen (secondary N) is 1. The van der Waals surface area contributed by atoms with Crippen molar-refractivity contribution in [3.63, 3.8) is 0 Å². The van der Waals surface area contributed by atoms with Gasteiger partial charge in [0.2, 0.25) is 0 Å². The highest BCUT2D eigenvalue weighted by Crippen LogP contribution is 2.35. The molecule has 2 N–H and O–H groups in total. The highest BCUT2D eigenvalue weighted by atomic mass is 35.5. The van der Waals surface area contributed by atoms with Gasteiger partial charge in [-0.15, -0.1) is 11.3 Å². The molecule has 0 aliphatic rings. The number of hydrogen-bond acceptors (Lipinski definition) is 4. The van der Waals surface area contributed by atoms with E-state index in [0.29, 0.717) is 15.6 Å². The summed E-state index contributed by atoms with van der Waals surface area (Å²) >= 11 is 12.6. The Morgan fingerprint density at radius 1 is 1.30 bits per heavy atom. The number of sulfonamides is 1. The van der Waals surface area contributed by atoms with E-state index in [1.807, 2.05) is 0 Å². The van der Waals surface area contributed by atoms with Gasteiger partial charge in [0.05, 0.1) is 16.1 Å². The van der Waals surface area contributed by atoms with E-state index in [0.717, 1.165) is 11.3 Å². The van der Waals surface area contributed by atoms with Crippen LogP contribution in [0.25, 0.3) is 0 Å². The molecule has 0 fully saturated rings. The maximum Gasteiger partial charge on any atom is 0.264 e. The van der Waals surface area contributed by atoms with Crippen molar-refractivity contribution in [2.45, 2.75) is 17.9 Å². The molecule has 8 heteroatoms. The topological polar surface area (TPSA) is 66.4 Å². The Morgan fingerprint density at radius 2 is 1.95 bits per heavy atom. The molecular weight excluding hydrogens is 341 g/mol. The summed E-state index contributed by atoms with van der Waals surface area (Å²) in [4.78, 5) is -0.0745. The summed E-state index contributed by atoms with van der Waals surface area (Å²) in [6.07, 6.45) is -0.796. The van der Waals surface area contributed by atoms with E-state index >= 15 is 0 Å². The summed E-state index contributed by atoms with van der Waals surface area (Å²) in [5.74, 6) is 0. The summed E-state index contributed by atoms with van der Waals surface area (Å²) in [6, 6.07) is 7.90. The van der Waals surface area contributed by atoms with Crippen LogP contribution in [0.5, 0.6) is 0 Å². The first-order valence-electron chi connectivity index (χ1n) is 5.56. The molecule has 0 aliphatic heterocycles. The molecule has 0 radical (unpaired) electrons. The van der Waals surface area contributed by atoms with Crippen LogP contribution in [-0.2, 0) is 10.0 Å². The van der Waals surface area contributed by atoms with Gasteiger partial charge in [0.1, 0.15) is 9.23 Å². The first kappa shape index (κ1) is 15.6. The average molecular weight is 352 g/mol. The second-order valence-corrected chi connectivity index (χ2v) is 7.99. The smallest absolute Gasteiger partial charge is 0.264 e. The quantitative estimate of drug-likeness (QED) is 0.877. The lowest BCUT2D eigenvalue weighted by Gasteiger charge is -2.13. The SMILES string of the molecule is CC(O)c1ccccc1NS(=O)(=O)c1cc(Cl)sc1Cl. The van der Waals surface area contributed by atoms with Gasteiger partial charge in [0.15, 0.2) is 0 Å². The van der Waals surface area contributed by atoms with Crippen molar-refractivity contribution in [2.24, 2.45) is 0 Å². The zero-order valence-electron chi connectivity index (χ0n) is 10.3. The predicted molar refractivity (Wildman–Crippen MR) is 82.2 cm³/mol. The Kier molecular flexibility index (Phi) is 4.61. The van der Waals surface area contributed by atoms with E-state index in [-0.39, 0.29) is 9.23 Å². The molecule has 0 bridgehead atoms. The van der Waals surface area contributed by atoms with Crippen LogP contribution < -0.4 is 4.72 Å². The molecular formula is C12H11Cl2NO3S2. The molecule has 0 saturated heterocycles. The summed E-state index contributed by atoms with van der Waals surface area (Å²) in [6.45, 7) is 1.56. The van der Waals surface area contributed by atoms with Crippen LogP contribution in [0, 0.1) is 0 Å². The van der Waals surface area contributed by atoms with Crippen LogP contribution in [0.4, 0.5) is 5.69 Å². The molecule has 1 unspecified atom stereocenters. The van der Waals surface area contributed by atoms with E-state index in [9.17, 15) is 13.5 Å². The van der Waals surface area contributed by atoms with Crippen LogP contribution in [0.1, 0.15) is 18.6 Å². The van der Waals surface area contributed by atoms with Gasteiger partial charge < -0.3 is 5.11 Å². The van der Waals surface area contributed by atoms with Crippen molar-refractivity contribution in [1.82, 2.24) is 0 Å². The van der Waals surface area contributed by atoms with Crippen molar-refractivity contribution in [2.75, 3.05) is 4.72 Å². The van der Waals surface area contributed by atoms with Gasteiger partial charge in [-0.2, -0.15) is 0 Å². The monoisotopic (exact) mass is 351 g/mol. The number of thiophene rings is 1. The van der Waals surface area contributed by atoms with Crippen molar-refractivity contribution in [3.05, 3.63) is 44.6 Å². The molecule has 2 aromatic rings. The minimum Gasteiger partial charge on any atom is -0.389 e. The molecule has 108 valence electrons. The number of rotatable bonds is 4. The van der Waals surface area contributed by atoms with E-state index in [1.165, 1.54) is 6.07 Å². The summed E-state index contributed by atoms with van der Waals surface area (Å²) in [7, 11) is -3.85. The minimum atomic E-state index is -3.85. The van der Waals surface area contributed by atoms with Crippen LogP contribution in [0.3, 0.4) is 0 Å². The van der Waals surface area contributed by atoms with Gasteiger partial charge in [0, 0.05) is 5.56 Å². The third kappa shape index (κ3) is 3.27. The Balaban J connectivity index is 2.41. The van der Waals surface area contributed by atoms with E-state index in [2.05, 4.69) is 4.72 Å². The van der Waals surface area contributed by atoms with Crippen molar-refractivity contribution >= 4 is 50.2 Å². The second-order valence-electron chi connectivity index (χ2n) is 4.06. The summed E-state index contributed by atoms with van der Waals surface area (Å²) < 4.78 is 27.4. The Bertz CT molecular complexity index is 726. The average Bonchev–Trinajstić information content (AvgIpc) is 2.69. The normalized spacial score (nSPS) is 13.2. The lowest BCUT2D eigenvalue weighted by atomic mass is 10.1. The highest BCUT2D eigenvalue weighted by Gasteiger charge is 2.22. The molecule has 4 nitrogen and oxygen atoms in total. The van der Waals surface area contributed by atoms with Crippen molar-refractivity contribution < 1.29 is 13.5 Å². The zero-order chi connectivity index (χ0) is 14.9. The highest BCUT2D eigenvalue weighted by molar-refractivity contribution is 7.93. The lowest BCUT2D eigenvalue weighted by molar-refractivity contribution is 0.200. The molecule has 1 atom stereocenters. The fourth-order valence-electron chi connectivity index (χ4n) is 1.66. The zero-order valence-corrected chi connectivity index (χ0v) is 13.4. The number of para-hydroxylation sites is 1. The maximum atomic E-state index is 12.3. The van der Waals surface area contributed by atoms with E-state index in [1.54, 1.807) is 31.2 Å². The van der Waals surface area contributed by atoms with E-state index < -0.39 is 16.1 Å². The van der Waals surface area contributed by atoms with Crippen LogP contribution >= 0.6 is 34.5 Å². The van der Waals surface area contributed by atoms with Crippen LogP contribution in [-0.4, -0.2) is 13.5 Å². The Labute approximate surface area is 131 Å².